The zero-order valence-corrected chi connectivity index (χ0v) is 13.6. The van der Waals surface area contributed by atoms with Crippen LogP contribution in [0.5, 0.6) is 0 Å². The van der Waals surface area contributed by atoms with Crippen LogP contribution in [0.1, 0.15) is 37.2 Å². The molecule has 1 aromatic carbocycles. The Balaban J connectivity index is 1.52. The van der Waals surface area contributed by atoms with E-state index in [0.717, 1.165) is 39.0 Å². The summed E-state index contributed by atoms with van der Waals surface area (Å²) < 4.78 is 14.7. The fourth-order valence-electron chi connectivity index (χ4n) is 4.29. The molecule has 0 bridgehead atoms. The van der Waals surface area contributed by atoms with Gasteiger partial charge >= 0.3 is 0 Å². The summed E-state index contributed by atoms with van der Waals surface area (Å²) in [5.41, 5.74) is 1.56. The number of imide groups is 1. The van der Waals surface area contributed by atoms with Gasteiger partial charge in [-0.05, 0) is 43.5 Å². The van der Waals surface area contributed by atoms with Crippen molar-refractivity contribution in [3.05, 3.63) is 29.6 Å². The first-order valence-corrected chi connectivity index (χ1v) is 8.65. The maximum Gasteiger partial charge on any atom is 0.234 e. The molecular weight excluding hydrogens is 309 g/mol. The number of amides is 2. The van der Waals surface area contributed by atoms with Crippen molar-refractivity contribution in [2.75, 3.05) is 31.1 Å². The van der Waals surface area contributed by atoms with Crippen molar-refractivity contribution in [3.8, 4) is 0 Å². The third-order valence-electron chi connectivity index (χ3n) is 5.72. The summed E-state index contributed by atoms with van der Waals surface area (Å²) >= 11 is 0. The van der Waals surface area contributed by atoms with Gasteiger partial charge in [0, 0.05) is 31.5 Å². The SMILES string of the molecule is O=C1CCC(c2ccc(N3CCC4(CCNC4)C3)c(F)c2)C(=O)N1. The average molecular weight is 331 g/mol. The molecule has 0 aliphatic carbocycles. The highest BCUT2D eigenvalue weighted by Crippen LogP contribution is 2.39. The summed E-state index contributed by atoms with van der Waals surface area (Å²) in [6.07, 6.45) is 3.00. The number of nitrogens with zero attached hydrogens (tertiary/aromatic N) is 1. The molecule has 1 aromatic rings. The summed E-state index contributed by atoms with van der Waals surface area (Å²) in [7, 11) is 0. The standard InChI is InChI=1S/C18H22FN3O2/c19-14-9-12(13-2-4-16(23)21-17(13)24)1-3-15(14)22-8-6-18(11-22)5-7-20-10-18/h1,3,9,13,20H,2,4-8,10-11H2,(H,21,23,24). The predicted octanol–water partition coefficient (Wildman–Crippen LogP) is 1.54. The lowest BCUT2D eigenvalue weighted by Crippen LogP contribution is -2.39. The quantitative estimate of drug-likeness (QED) is 0.807. The molecule has 24 heavy (non-hydrogen) atoms. The van der Waals surface area contributed by atoms with Crippen molar-refractivity contribution in [1.82, 2.24) is 10.6 Å². The van der Waals surface area contributed by atoms with Gasteiger partial charge in [-0.1, -0.05) is 6.07 Å². The first-order chi connectivity index (χ1) is 11.6. The minimum absolute atomic E-state index is 0.249. The van der Waals surface area contributed by atoms with Crippen molar-refractivity contribution in [3.63, 3.8) is 0 Å². The van der Waals surface area contributed by atoms with Crippen LogP contribution < -0.4 is 15.5 Å². The van der Waals surface area contributed by atoms with Gasteiger partial charge in [0.25, 0.3) is 0 Å². The largest absolute Gasteiger partial charge is 0.369 e. The Kier molecular flexibility index (Phi) is 3.79. The Morgan fingerprint density at radius 2 is 2.12 bits per heavy atom. The van der Waals surface area contributed by atoms with Crippen molar-refractivity contribution in [2.24, 2.45) is 5.41 Å². The predicted molar refractivity (Wildman–Crippen MR) is 88.3 cm³/mol. The van der Waals surface area contributed by atoms with Crippen LogP contribution in [-0.2, 0) is 9.59 Å². The van der Waals surface area contributed by atoms with Crippen molar-refractivity contribution in [2.45, 2.75) is 31.6 Å². The number of hydrogen-bond donors (Lipinski definition) is 2. The Morgan fingerprint density at radius 3 is 2.83 bits per heavy atom. The fourth-order valence-corrected chi connectivity index (χ4v) is 4.29. The van der Waals surface area contributed by atoms with Gasteiger partial charge < -0.3 is 10.2 Å². The molecule has 0 radical (unpaired) electrons. The maximum absolute atomic E-state index is 14.7. The van der Waals surface area contributed by atoms with Crippen molar-refractivity contribution in [1.29, 1.82) is 0 Å². The molecule has 2 amide bonds. The molecule has 3 heterocycles. The van der Waals surface area contributed by atoms with Crippen LogP contribution in [0.3, 0.4) is 0 Å². The van der Waals surface area contributed by atoms with E-state index >= 15 is 0 Å². The van der Waals surface area contributed by atoms with Gasteiger partial charge in [-0.15, -0.1) is 0 Å². The lowest BCUT2D eigenvalue weighted by molar-refractivity contribution is -0.134. The van der Waals surface area contributed by atoms with E-state index in [2.05, 4.69) is 15.5 Å². The smallest absolute Gasteiger partial charge is 0.234 e. The van der Waals surface area contributed by atoms with Gasteiger partial charge in [-0.25, -0.2) is 4.39 Å². The van der Waals surface area contributed by atoms with Crippen LogP contribution in [-0.4, -0.2) is 38.0 Å². The van der Waals surface area contributed by atoms with Gasteiger partial charge in [0.15, 0.2) is 0 Å². The third-order valence-corrected chi connectivity index (χ3v) is 5.72. The van der Waals surface area contributed by atoms with Gasteiger partial charge in [-0.3, -0.25) is 14.9 Å². The molecule has 3 fully saturated rings. The van der Waals surface area contributed by atoms with Crippen molar-refractivity contribution < 1.29 is 14.0 Å². The molecule has 2 atom stereocenters. The normalized spacial score (nSPS) is 30.2. The van der Waals surface area contributed by atoms with E-state index in [4.69, 9.17) is 0 Å². The second-order valence-corrected chi connectivity index (χ2v) is 7.31. The van der Waals surface area contributed by atoms with Gasteiger partial charge in [0.05, 0.1) is 11.6 Å². The number of benzene rings is 1. The van der Waals surface area contributed by atoms with Crippen LogP contribution in [0.4, 0.5) is 10.1 Å². The van der Waals surface area contributed by atoms with E-state index in [9.17, 15) is 14.0 Å². The molecule has 2 N–H and O–H groups in total. The number of rotatable bonds is 2. The highest BCUT2D eigenvalue weighted by molar-refractivity contribution is 6.00. The molecule has 128 valence electrons. The lowest BCUT2D eigenvalue weighted by atomic mass is 9.86. The maximum atomic E-state index is 14.7. The monoisotopic (exact) mass is 331 g/mol. The number of carbonyl (C=O) groups is 2. The van der Waals surface area contributed by atoms with E-state index in [1.807, 2.05) is 6.07 Å². The number of halogens is 1. The zero-order chi connectivity index (χ0) is 16.7. The van der Waals surface area contributed by atoms with Gasteiger partial charge in [0.1, 0.15) is 5.82 Å². The molecular formula is C18H22FN3O2. The molecule has 3 saturated heterocycles. The minimum Gasteiger partial charge on any atom is -0.369 e. The second kappa shape index (κ2) is 5.84. The van der Waals surface area contributed by atoms with E-state index < -0.39 is 5.92 Å². The molecule has 5 nitrogen and oxygen atoms in total. The summed E-state index contributed by atoms with van der Waals surface area (Å²) in [6.45, 7) is 3.81. The fraction of sp³-hybridized carbons (Fsp3) is 0.556. The summed E-state index contributed by atoms with van der Waals surface area (Å²) in [5.74, 6) is -1.29. The zero-order valence-electron chi connectivity index (χ0n) is 13.6. The lowest BCUT2D eigenvalue weighted by Gasteiger charge is -2.25. The Labute approximate surface area is 140 Å². The van der Waals surface area contributed by atoms with Crippen LogP contribution in [0, 0.1) is 11.2 Å². The molecule has 4 rings (SSSR count). The van der Waals surface area contributed by atoms with Crippen LogP contribution >= 0.6 is 0 Å². The topological polar surface area (TPSA) is 61.4 Å². The van der Waals surface area contributed by atoms with Crippen molar-refractivity contribution >= 4 is 17.5 Å². The molecule has 3 aliphatic rings. The van der Waals surface area contributed by atoms with E-state index in [-0.39, 0.29) is 23.0 Å². The van der Waals surface area contributed by atoms with Gasteiger partial charge in [-0.2, -0.15) is 0 Å². The summed E-state index contributed by atoms with van der Waals surface area (Å²) in [6, 6.07) is 5.08. The van der Waals surface area contributed by atoms with E-state index in [1.165, 1.54) is 6.07 Å². The number of hydrogen-bond acceptors (Lipinski definition) is 4. The Morgan fingerprint density at radius 1 is 1.25 bits per heavy atom. The first kappa shape index (κ1) is 15.6. The number of carbonyl (C=O) groups excluding carboxylic acids is 2. The minimum atomic E-state index is -0.435. The van der Waals surface area contributed by atoms with Crippen LogP contribution in [0.2, 0.25) is 0 Å². The van der Waals surface area contributed by atoms with E-state index in [1.54, 1.807) is 6.07 Å². The Hall–Kier alpha value is -1.95. The van der Waals surface area contributed by atoms with E-state index in [0.29, 0.717) is 24.1 Å². The van der Waals surface area contributed by atoms with Crippen LogP contribution in [0.15, 0.2) is 18.2 Å². The number of piperidine rings is 1. The molecule has 2 unspecified atom stereocenters. The summed E-state index contributed by atoms with van der Waals surface area (Å²) in [4.78, 5) is 25.3. The van der Waals surface area contributed by atoms with Crippen LogP contribution in [0.25, 0.3) is 0 Å². The number of nitrogens with one attached hydrogen (secondary N) is 2. The highest BCUT2D eigenvalue weighted by atomic mass is 19.1. The molecule has 1 spiro atoms. The Bertz CT molecular complexity index is 685. The third kappa shape index (κ3) is 2.69. The first-order valence-electron chi connectivity index (χ1n) is 8.65. The summed E-state index contributed by atoms with van der Waals surface area (Å²) in [5, 5.41) is 5.74. The molecule has 0 aromatic heterocycles. The second-order valence-electron chi connectivity index (χ2n) is 7.31. The number of anilines is 1. The average Bonchev–Trinajstić information content (AvgIpc) is 3.18. The molecule has 3 aliphatic heterocycles. The van der Waals surface area contributed by atoms with Gasteiger partial charge in [0.2, 0.25) is 11.8 Å². The molecule has 0 saturated carbocycles. The molecule has 6 heteroatoms. The highest BCUT2D eigenvalue weighted by Gasteiger charge is 2.41.